The van der Waals surface area contributed by atoms with E-state index >= 15 is 4.39 Å². The molecule has 1 fully saturated rings. The van der Waals surface area contributed by atoms with Crippen LogP contribution < -0.4 is 5.32 Å². The van der Waals surface area contributed by atoms with Crippen molar-refractivity contribution in [2.45, 2.75) is 57.0 Å². The first-order valence-electron chi connectivity index (χ1n) is 13.3. The van der Waals surface area contributed by atoms with E-state index in [1.807, 2.05) is 31.2 Å². The Morgan fingerprint density at radius 3 is 2.54 bits per heavy atom. The van der Waals surface area contributed by atoms with E-state index in [1.54, 1.807) is 48.5 Å². The van der Waals surface area contributed by atoms with Crippen LogP contribution >= 0.6 is 11.6 Å². The maximum atomic E-state index is 15.7. The van der Waals surface area contributed by atoms with Gasteiger partial charge < -0.3 is 15.5 Å². The summed E-state index contributed by atoms with van der Waals surface area (Å²) < 4.78 is 15.7. The van der Waals surface area contributed by atoms with Crippen LogP contribution in [0.1, 0.15) is 54.1 Å². The Balaban J connectivity index is 1.77. The molecule has 1 amide bonds. The molecule has 1 heterocycles. The molecule has 3 N–H and O–H groups in total. The third-order valence-electron chi connectivity index (χ3n) is 7.43. The number of benzene rings is 3. The van der Waals surface area contributed by atoms with Gasteiger partial charge in [0.25, 0.3) is 0 Å². The third-order valence-corrected chi connectivity index (χ3v) is 7.74. The molecular formula is C31H34ClFN2O4. The van der Waals surface area contributed by atoms with Gasteiger partial charge in [0.2, 0.25) is 0 Å². The second-order valence-corrected chi connectivity index (χ2v) is 10.3. The molecule has 3 atom stereocenters. The smallest absolute Gasteiger partial charge is 0.409 e. The maximum absolute atomic E-state index is 15.7. The zero-order valence-electron chi connectivity index (χ0n) is 21.9. The molecule has 39 heavy (non-hydrogen) atoms. The molecule has 6 nitrogen and oxygen atoms in total. The zero-order chi connectivity index (χ0) is 28.0. The topological polar surface area (TPSA) is 89.9 Å². The van der Waals surface area contributed by atoms with Crippen molar-refractivity contribution in [1.29, 1.82) is 0 Å². The van der Waals surface area contributed by atoms with Gasteiger partial charge in [0.05, 0.1) is 6.04 Å². The largest absolute Gasteiger partial charge is 0.465 e. The van der Waals surface area contributed by atoms with Crippen LogP contribution in [0.2, 0.25) is 5.02 Å². The van der Waals surface area contributed by atoms with Gasteiger partial charge in [-0.1, -0.05) is 85.3 Å². The molecule has 8 heteroatoms. The Kier molecular flexibility index (Phi) is 9.38. The number of amides is 1. The Morgan fingerprint density at radius 2 is 1.87 bits per heavy atom. The summed E-state index contributed by atoms with van der Waals surface area (Å²) in [6.07, 6.45) is -1.93. The van der Waals surface area contributed by atoms with E-state index in [4.69, 9.17) is 11.6 Å². The molecule has 0 spiro atoms. The lowest BCUT2D eigenvalue weighted by Gasteiger charge is -2.36. The van der Waals surface area contributed by atoms with Crippen molar-refractivity contribution >= 4 is 23.5 Å². The number of ketones is 1. The average Bonchev–Trinajstić information content (AvgIpc) is 2.96. The summed E-state index contributed by atoms with van der Waals surface area (Å²) in [7, 11) is 0. The Labute approximate surface area is 233 Å². The van der Waals surface area contributed by atoms with E-state index in [-0.39, 0.29) is 24.0 Å². The van der Waals surface area contributed by atoms with Crippen molar-refractivity contribution < 1.29 is 24.2 Å². The van der Waals surface area contributed by atoms with Crippen molar-refractivity contribution in [3.63, 3.8) is 0 Å². The summed E-state index contributed by atoms with van der Waals surface area (Å²) in [5.41, 5.74) is 0.622. The van der Waals surface area contributed by atoms with Gasteiger partial charge in [0.1, 0.15) is 0 Å². The minimum Gasteiger partial charge on any atom is -0.465 e. The van der Waals surface area contributed by atoms with Gasteiger partial charge >= 0.3 is 6.09 Å². The molecule has 0 aliphatic carbocycles. The molecule has 3 aromatic rings. The number of hydrogen-bond donors (Lipinski definition) is 3. The highest BCUT2D eigenvalue weighted by Crippen LogP contribution is 2.42. The summed E-state index contributed by atoms with van der Waals surface area (Å²) in [6, 6.07) is 20.5. The number of alkyl halides is 1. The first kappa shape index (κ1) is 28.7. The predicted octanol–water partition coefficient (Wildman–Crippen LogP) is 6.45. The Bertz CT molecular complexity index is 1300. The number of carboxylic acid groups (broad SMARTS) is 1. The summed E-state index contributed by atoms with van der Waals surface area (Å²) in [5, 5.41) is 25.5. The van der Waals surface area contributed by atoms with Crippen LogP contribution in [0.25, 0.3) is 11.1 Å². The van der Waals surface area contributed by atoms with E-state index in [2.05, 4.69) is 5.32 Å². The van der Waals surface area contributed by atoms with Crippen LogP contribution in [-0.4, -0.2) is 52.4 Å². The summed E-state index contributed by atoms with van der Waals surface area (Å²) in [4.78, 5) is 26.8. The van der Waals surface area contributed by atoms with Gasteiger partial charge in [-0.2, -0.15) is 0 Å². The van der Waals surface area contributed by atoms with Gasteiger partial charge in [-0.3, -0.25) is 9.69 Å². The van der Waals surface area contributed by atoms with Crippen molar-refractivity contribution in [3.05, 3.63) is 94.5 Å². The van der Waals surface area contributed by atoms with Gasteiger partial charge in [0.15, 0.2) is 17.7 Å². The number of aliphatic hydroxyl groups is 1. The van der Waals surface area contributed by atoms with Gasteiger partial charge in [0, 0.05) is 34.7 Å². The molecule has 206 valence electrons. The average molecular weight is 553 g/mol. The van der Waals surface area contributed by atoms with Crippen molar-refractivity contribution in [1.82, 2.24) is 10.2 Å². The first-order chi connectivity index (χ1) is 18.8. The molecule has 1 aliphatic heterocycles. The number of carbonyl (C=O) groups is 2. The number of aryl methyl sites for hydroxylation is 1. The first-order valence-corrected chi connectivity index (χ1v) is 13.7. The van der Waals surface area contributed by atoms with E-state index < -0.39 is 29.8 Å². The lowest BCUT2D eigenvalue weighted by Crippen LogP contribution is -2.52. The van der Waals surface area contributed by atoms with Crippen LogP contribution in [0.15, 0.2) is 72.8 Å². The summed E-state index contributed by atoms with van der Waals surface area (Å²) in [6.45, 7) is 3.13. The van der Waals surface area contributed by atoms with Crippen LogP contribution in [-0.2, 0) is 12.0 Å². The van der Waals surface area contributed by atoms with Crippen LogP contribution in [0.4, 0.5) is 9.18 Å². The lowest BCUT2D eigenvalue weighted by atomic mass is 9.78. The molecule has 1 saturated heterocycles. The monoisotopic (exact) mass is 552 g/mol. The van der Waals surface area contributed by atoms with Crippen LogP contribution in [0.3, 0.4) is 0 Å². The summed E-state index contributed by atoms with van der Waals surface area (Å²) >= 11 is 6.68. The predicted molar refractivity (Wildman–Crippen MR) is 151 cm³/mol. The number of rotatable bonds is 10. The Morgan fingerprint density at radius 1 is 1.13 bits per heavy atom. The van der Waals surface area contributed by atoms with Crippen molar-refractivity contribution in [3.8, 4) is 11.1 Å². The fourth-order valence-corrected chi connectivity index (χ4v) is 5.63. The van der Waals surface area contributed by atoms with E-state index in [0.717, 1.165) is 35.4 Å². The molecule has 0 bridgehead atoms. The molecular weight excluding hydrogens is 519 g/mol. The maximum Gasteiger partial charge on any atom is 0.409 e. The minimum atomic E-state index is -2.16. The number of Topliss-reactive ketones (excluding diaryl/α,β-unsaturated/α-hetero) is 1. The highest BCUT2D eigenvalue weighted by Gasteiger charge is 2.42. The fraction of sp³-hybridized carbons (Fsp3) is 0.355. The van der Waals surface area contributed by atoms with Crippen LogP contribution in [0.5, 0.6) is 0 Å². The normalized spacial score (nSPS) is 17.7. The van der Waals surface area contributed by atoms with E-state index in [0.29, 0.717) is 23.6 Å². The third kappa shape index (κ3) is 6.32. The number of nitrogens with zero attached hydrogens (tertiary/aromatic N) is 1. The molecule has 0 saturated carbocycles. The highest BCUT2D eigenvalue weighted by molar-refractivity contribution is 6.33. The lowest BCUT2D eigenvalue weighted by molar-refractivity contribution is -0.00242. The standard InChI is InChI=1S/C31H34ClFN2O4/c1-2-21-9-6-12-23(19-21)28-25(14-7-15-26(28)32)31(39,29(36)22-10-4-3-5-11-22)17-16-27(33)35(30(37)38)24-13-8-18-34-20-24/h3-7,9-12,14-15,19,24,27,34,39H,2,8,13,16-18,20H2,1H3,(H,37,38). The molecule has 0 aromatic heterocycles. The van der Waals surface area contributed by atoms with Crippen molar-refractivity contribution in [2.24, 2.45) is 0 Å². The van der Waals surface area contributed by atoms with Gasteiger partial charge in [-0.05, 0) is 49.4 Å². The second kappa shape index (κ2) is 12.7. The van der Waals surface area contributed by atoms with E-state index in [1.165, 1.54) is 0 Å². The number of piperidine rings is 1. The molecule has 4 rings (SSSR count). The summed E-state index contributed by atoms with van der Waals surface area (Å²) in [5.74, 6) is -0.605. The van der Waals surface area contributed by atoms with Crippen LogP contribution in [0, 0.1) is 0 Å². The number of carbonyl (C=O) groups excluding carboxylic acids is 1. The molecule has 0 radical (unpaired) electrons. The van der Waals surface area contributed by atoms with Gasteiger partial charge in [-0.25, -0.2) is 9.18 Å². The Hall–Kier alpha value is -3.26. The SMILES string of the molecule is CCc1cccc(-c2c(Cl)cccc2C(O)(CCC(F)N(C(=O)O)C2CCCNC2)C(=O)c2ccccc2)c1. The molecule has 3 aromatic carbocycles. The fourth-order valence-electron chi connectivity index (χ4n) is 5.35. The zero-order valence-corrected chi connectivity index (χ0v) is 22.7. The minimum absolute atomic E-state index is 0.255. The van der Waals surface area contributed by atoms with E-state index in [9.17, 15) is 19.8 Å². The second-order valence-electron chi connectivity index (χ2n) is 9.93. The van der Waals surface area contributed by atoms with Gasteiger partial charge in [-0.15, -0.1) is 0 Å². The number of halogens is 2. The van der Waals surface area contributed by atoms with Crippen molar-refractivity contribution in [2.75, 3.05) is 13.1 Å². The highest BCUT2D eigenvalue weighted by atomic mass is 35.5. The molecule has 3 unspecified atom stereocenters. The molecule has 1 aliphatic rings. The number of hydrogen-bond acceptors (Lipinski definition) is 4. The number of nitrogens with one attached hydrogen (secondary N) is 1. The quantitative estimate of drug-likeness (QED) is 0.199.